The zero-order valence-electron chi connectivity index (χ0n) is 19.9. The standard InChI is InChI=1S/C25H34N6O.HI/c1-5-26-25(28-17-21-10-12-23(13-11-21)27-14-15-32-4)29-18-22-8-6-7-9-24(22)31-20(3)16-19(2)30-31;/h6-13,16,27H,5,14-15,17-18H2,1-4H3,(H2,26,28,29);1H. The number of nitrogens with one attached hydrogen (secondary N) is 3. The fourth-order valence-corrected chi connectivity index (χ4v) is 3.46. The number of hydrogen-bond acceptors (Lipinski definition) is 4. The summed E-state index contributed by atoms with van der Waals surface area (Å²) in [5.74, 6) is 0.790. The Hall–Kier alpha value is -2.59. The van der Waals surface area contributed by atoms with Crippen LogP contribution in [0, 0.1) is 13.8 Å². The molecule has 0 atom stereocenters. The van der Waals surface area contributed by atoms with Gasteiger partial charge in [0.05, 0.1) is 24.5 Å². The molecule has 3 rings (SSSR count). The summed E-state index contributed by atoms with van der Waals surface area (Å²) in [6, 6.07) is 18.8. The minimum Gasteiger partial charge on any atom is -0.383 e. The van der Waals surface area contributed by atoms with Crippen LogP contribution in [0.2, 0.25) is 0 Å². The van der Waals surface area contributed by atoms with Gasteiger partial charge >= 0.3 is 0 Å². The monoisotopic (exact) mass is 562 g/mol. The third-order valence-electron chi connectivity index (χ3n) is 5.03. The van der Waals surface area contributed by atoms with E-state index in [0.717, 1.165) is 52.9 Å². The summed E-state index contributed by atoms with van der Waals surface area (Å²) in [5.41, 5.74) is 6.62. The molecule has 0 saturated carbocycles. The third-order valence-corrected chi connectivity index (χ3v) is 5.03. The van der Waals surface area contributed by atoms with Crippen LogP contribution in [-0.2, 0) is 17.8 Å². The van der Waals surface area contributed by atoms with Gasteiger partial charge in [-0.2, -0.15) is 5.10 Å². The van der Waals surface area contributed by atoms with Gasteiger partial charge in [0, 0.05) is 38.1 Å². The molecular weight excluding hydrogens is 527 g/mol. The van der Waals surface area contributed by atoms with E-state index in [1.807, 2.05) is 17.7 Å². The van der Waals surface area contributed by atoms with Crippen LogP contribution in [0.5, 0.6) is 0 Å². The Bertz CT molecular complexity index is 1020. The van der Waals surface area contributed by atoms with E-state index in [1.165, 1.54) is 0 Å². The molecule has 178 valence electrons. The Morgan fingerprint density at radius 2 is 1.82 bits per heavy atom. The van der Waals surface area contributed by atoms with Crippen LogP contribution in [0.3, 0.4) is 0 Å². The second-order valence-corrected chi connectivity index (χ2v) is 7.63. The minimum absolute atomic E-state index is 0. The molecule has 2 aromatic carbocycles. The second kappa shape index (κ2) is 13.8. The Balaban J connectivity index is 0.00000385. The van der Waals surface area contributed by atoms with Gasteiger partial charge in [-0.15, -0.1) is 24.0 Å². The molecule has 0 spiro atoms. The van der Waals surface area contributed by atoms with Gasteiger partial charge in [-0.05, 0) is 56.2 Å². The molecule has 0 fully saturated rings. The van der Waals surface area contributed by atoms with E-state index in [1.54, 1.807) is 7.11 Å². The van der Waals surface area contributed by atoms with Crippen molar-refractivity contribution in [2.75, 3.05) is 32.1 Å². The maximum Gasteiger partial charge on any atom is 0.191 e. The van der Waals surface area contributed by atoms with Crippen molar-refractivity contribution in [3.8, 4) is 5.69 Å². The normalized spacial score (nSPS) is 11.1. The molecule has 33 heavy (non-hydrogen) atoms. The van der Waals surface area contributed by atoms with Crippen molar-refractivity contribution in [1.29, 1.82) is 0 Å². The van der Waals surface area contributed by atoms with Crippen molar-refractivity contribution in [2.45, 2.75) is 33.9 Å². The van der Waals surface area contributed by atoms with E-state index in [9.17, 15) is 0 Å². The molecule has 0 aliphatic carbocycles. The smallest absolute Gasteiger partial charge is 0.191 e. The average molecular weight is 563 g/mol. The second-order valence-electron chi connectivity index (χ2n) is 7.63. The van der Waals surface area contributed by atoms with Crippen molar-refractivity contribution in [2.24, 2.45) is 4.99 Å². The van der Waals surface area contributed by atoms with Gasteiger partial charge in [0.15, 0.2) is 5.96 Å². The number of para-hydroxylation sites is 1. The fourth-order valence-electron chi connectivity index (χ4n) is 3.46. The van der Waals surface area contributed by atoms with Gasteiger partial charge in [0.25, 0.3) is 0 Å². The molecule has 0 bridgehead atoms. The summed E-state index contributed by atoms with van der Waals surface area (Å²) < 4.78 is 7.07. The SMILES string of the molecule is CCNC(=NCc1ccc(NCCOC)cc1)NCc1ccccc1-n1nc(C)cc1C.I. The highest BCUT2D eigenvalue weighted by Crippen LogP contribution is 2.17. The molecule has 0 amide bonds. The van der Waals surface area contributed by atoms with Crippen LogP contribution in [0.15, 0.2) is 59.6 Å². The molecule has 1 heterocycles. The highest BCUT2D eigenvalue weighted by atomic mass is 127. The average Bonchev–Trinajstić information content (AvgIpc) is 3.14. The molecule has 7 nitrogen and oxygen atoms in total. The van der Waals surface area contributed by atoms with Crippen LogP contribution in [0.4, 0.5) is 5.69 Å². The first-order valence-corrected chi connectivity index (χ1v) is 11.1. The highest BCUT2D eigenvalue weighted by Gasteiger charge is 2.09. The number of methoxy groups -OCH3 is 1. The first kappa shape index (κ1) is 26.7. The van der Waals surface area contributed by atoms with Crippen LogP contribution in [-0.4, -0.2) is 42.5 Å². The van der Waals surface area contributed by atoms with E-state index in [4.69, 9.17) is 9.73 Å². The van der Waals surface area contributed by atoms with E-state index in [0.29, 0.717) is 19.7 Å². The number of hydrogen-bond donors (Lipinski definition) is 3. The number of anilines is 1. The first-order valence-electron chi connectivity index (χ1n) is 11.1. The Labute approximate surface area is 214 Å². The zero-order chi connectivity index (χ0) is 22.8. The Morgan fingerprint density at radius 1 is 1.06 bits per heavy atom. The summed E-state index contributed by atoms with van der Waals surface area (Å²) in [6.45, 7) is 9.70. The summed E-state index contributed by atoms with van der Waals surface area (Å²) >= 11 is 0. The zero-order valence-corrected chi connectivity index (χ0v) is 22.2. The lowest BCUT2D eigenvalue weighted by molar-refractivity contribution is 0.211. The third kappa shape index (κ3) is 8.04. The number of rotatable bonds is 10. The van der Waals surface area contributed by atoms with E-state index in [2.05, 4.69) is 83.4 Å². The summed E-state index contributed by atoms with van der Waals surface area (Å²) in [7, 11) is 1.71. The first-order chi connectivity index (χ1) is 15.6. The van der Waals surface area contributed by atoms with Gasteiger partial charge in [0.2, 0.25) is 0 Å². The summed E-state index contributed by atoms with van der Waals surface area (Å²) in [6.07, 6.45) is 0. The molecule has 0 saturated heterocycles. The van der Waals surface area contributed by atoms with Gasteiger partial charge in [0.1, 0.15) is 0 Å². The number of ether oxygens (including phenoxy) is 1. The van der Waals surface area contributed by atoms with Crippen molar-refractivity contribution < 1.29 is 4.74 Å². The van der Waals surface area contributed by atoms with Crippen molar-refractivity contribution in [3.63, 3.8) is 0 Å². The molecule has 0 aliphatic heterocycles. The van der Waals surface area contributed by atoms with Crippen molar-refractivity contribution in [3.05, 3.63) is 77.1 Å². The number of benzene rings is 2. The molecular formula is C25H35IN6O. The lowest BCUT2D eigenvalue weighted by Gasteiger charge is -2.15. The highest BCUT2D eigenvalue weighted by molar-refractivity contribution is 14.0. The molecule has 0 radical (unpaired) electrons. The summed E-state index contributed by atoms with van der Waals surface area (Å²) in [5, 5.41) is 14.8. The van der Waals surface area contributed by atoms with Crippen LogP contribution in [0.1, 0.15) is 29.4 Å². The minimum atomic E-state index is 0. The van der Waals surface area contributed by atoms with Crippen LogP contribution in [0.25, 0.3) is 5.69 Å². The predicted octanol–water partition coefficient (Wildman–Crippen LogP) is 4.42. The molecule has 3 N–H and O–H groups in total. The Morgan fingerprint density at radius 3 is 2.48 bits per heavy atom. The van der Waals surface area contributed by atoms with Gasteiger partial charge < -0.3 is 20.7 Å². The number of guanidine groups is 1. The van der Waals surface area contributed by atoms with Crippen LogP contribution < -0.4 is 16.0 Å². The van der Waals surface area contributed by atoms with Crippen molar-refractivity contribution in [1.82, 2.24) is 20.4 Å². The topological polar surface area (TPSA) is 75.5 Å². The fraction of sp³-hybridized carbons (Fsp3) is 0.360. The van der Waals surface area contributed by atoms with Gasteiger partial charge in [-0.25, -0.2) is 9.67 Å². The molecule has 0 unspecified atom stereocenters. The quantitative estimate of drug-likeness (QED) is 0.148. The maximum atomic E-state index is 5.07. The molecule has 3 aromatic rings. The van der Waals surface area contributed by atoms with Crippen molar-refractivity contribution >= 4 is 35.6 Å². The van der Waals surface area contributed by atoms with E-state index < -0.39 is 0 Å². The number of aromatic nitrogens is 2. The number of aryl methyl sites for hydroxylation is 2. The lowest BCUT2D eigenvalue weighted by atomic mass is 10.1. The van der Waals surface area contributed by atoms with E-state index in [-0.39, 0.29) is 24.0 Å². The van der Waals surface area contributed by atoms with Gasteiger partial charge in [-0.3, -0.25) is 0 Å². The van der Waals surface area contributed by atoms with Gasteiger partial charge in [-0.1, -0.05) is 30.3 Å². The largest absolute Gasteiger partial charge is 0.383 e. The molecule has 1 aromatic heterocycles. The lowest BCUT2D eigenvalue weighted by Crippen LogP contribution is -2.37. The number of aliphatic imine (C=N–C) groups is 1. The predicted molar refractivity (Wildman–Crippen MR) is 147 cm³/mol. The Kier molecular flexibility index (Phi) is 11.2. The summed E-state index contributed by atoms with van der Waals surface area (Å²) in [4.78, 5) is 4.76. The number of halogens is 1. The molecule has 0 aliphatic rings. The van der Waals surface area contributed by atoms with E-state index >= 15 is 0 Å². The number of nitrogens with zero attached hydrogens (tertiary/aromatic N) is 3. The molecule has 8 heteroatoms. The maximum absolute atomic E-state index is 5.07. The van der Waals surface area contributed by atoms with Crippen LogP contribution >= 0.6 is 24.0 Å².